The number of hydrogen-bond acceptors (Lipinski definition) is 3. The maximum absolute atomic E-state index is 6.16. The molecule has 100 valence electrons. The summed E-state index contributed by atoms with van der Waals surface area (Å²) in [5, 5.41) is 0. The van der Waals surface area contributed by atoms with Crippen LogP contribution in [-0.4, -0.2) is 42.3 Å². The van der Waals surface area contributed by atoms with Crippen molar-refractivity contribution in [3.8, 4) is 0 Å². The zero-order valence-electron chi connectivity index (χ0n) is 11.7. The average molecular weight is 240 g/mol. The van der Waals surface area contributed by atoms with Crippen LogP contribution in [0.3, 0.4) is 0 Å². The van der Waals surface area contributed by atoms with E-state index in [1.54, 1.807) is 0 Å². The quantitative estimate of drug-likeness (QED) is 0.820. The van der Waals surface area contributed by atoms with E-state index in [9.17, 15) is 0 Å². The first kappa shape index (κ1) is 13.3. The Hall–Kier alpha value is -0.120. The van der Waals surface area contributed by atoms with Gasteiger partial charge in [0.2, 0.25) is 0 Å². The molecule has 2 rings (SSSR count). The summed E-state index contributed by atoms with van der Waals surface area (Å²) >= 11 is 0. The van der Waals surface area contributed by atoms with E-state index in [1.807, 2.05) is 0 Å². The molecule has 1 saturated heterocycles. The van der Waals surface area contributed by atoms with Crippen molar-refractivity contribution < 1.29 is 4.74 Å². The van der Waals surface area contributed by atoms with Gasteiger partial charge in [0, 0.05) is 24.2 Å². The molecule has 2 unspecified atom stereocenters. The van der Waals surface area contributed by atoms with E-state index < -0.39 is 0 Å². The SMILES string of the molecule is CCC1CCC(CN)(N2CCOCC2(C)C)C1. The van der Waals surface area contributed by atoms with Crippen molar-refractivity contribution in [3.05, 3.63) is 0 Å². The summed E-state index contributed by atoms with van der Waals surface area (Å²) in [5.41, 5.74) is 6.54. The van der Waals surface area contributed by atoms with Crippen molar-refractivity contribution in [2.24, 2.45) is 11.7 Å². The molecule has 0 radical (unpaired) electrons. The molecule has 2 aliphatic rings. The van der Waals surface area contributed by atoms with Gasteiger partial charge in [-0.3, -0.25) is 4.90 Å². The lowest BCUT2D eigenvalue weighted by molar-refractivity contribution is -0.103. The molecule has 17 heavy (non-hydrogen) atoms. The summed E-state index contributed by atoms with van der Waals surface area (Å²) in [5.74, 6) is 0.872. The molecule has 0 amide bonds. The van der Waals surface area contributed by atoms with Gasteiger partial charge in [-0.15, -0.1) is 0 Å². The van der Waals surface area contributed by atoms with E-state index in [2.05, 4.69) is 25.7 Å². The van der Waals surface area contributed by atoms with Gasteiger partial charge in [-0.25, -0.2) is 0 Å². The Bertz CT molecular complexity index is 267. The summed E-state index contributed by atoms with van der Waals surface area (Å²) in [6.45, 7) is 10.4. The lowest BCUT2D eigenvalue weighted by atomic mass is 9.87. The van der Waals surface area contributed by atoms with Gasteiger partial charge in [0.1, 0.15) is 0 Å². The van der Waals surface area contributed by atoms with E-state index in [0.717, 1.165) is 32.2 Å². The van der Waals surface area contributed by atoms with E-state index in [-0.39, 0.29) is 11.1 Å². The Morgan fingerprint density at radius 3 is 2.71 bits per heavy atom. The van der Waals surface area contributed by atoms with Crippen LogP contribution < -0.4 is 5.73 Å². The highest BCUT2D eigenvalue weighted by molar-refractivity contribution is 5.04. The fourth-order valence-electron chi connectivity index (χ4n) is 3.84. The molecule has 1 aliphatic heterocycles. The third-order valence-corrected chi connectivity index (χ3v) is 4.86. The molecule has 2 fully saturated rings. The normalized spacial score (nSPS) is 38.5. The number of nitrogens with two attached hydrogens (primary N) is 1. The molecule has 0 bridgehead atoms. The number of nitrogens with zero attached hydrogens (tertiary/aromatic N) is 1. The first-order valence-electron chi connectivity index (χ1n) is 7.10. The molecule has 2 atom stereocenters. The molecule has 1 saturated carbocycles. The number of morpholine rings is 1. The molecule has 0 aromatic rings. The highest BCUT2D eigenvalue weighted by Crippen LogP contribution is 2.43. The second-order valence-electron chi connectivity index (χ2n) is 6.46. The summed E-state index contributed by atoms with van der Waals surface area (Å²) in [4.78, 5) is 2.65. The monoisotopic (exact) mass is 240 g/mol. The second kappa shape index (κ2) is 4.87. The van der Waals surface area contributed by atoms with Crippen LogP contribution >= 0.6 is 0 Å². The van der Waals surface area contributed by atoms with Crippen LogP contribution in [-0.2, 0) is 4.74 Å². The van der Waals surface area contributed by atoms with Crippen molar-refractivity contribution >= 4 is 0 Å². The van der Waals surface area contributed by atoms with E-state index in [0.29, 0.717) is 0 Å². The number of hydrogen-bond donors (Lipinski definition) is 1. The van der Waals surface area contributed by atoms with Crippen molar-refractivity contribution in [1.29, 1.82) is 0 Å². The van der Waals surface area contributed by atoms with Crippen molar-refractivity contribution in [2.45, 2.75) is 57.5 Å². The van der Waals surface area contributed by atoms with Gasteiger partial charge in [-0.2, -0.15) is 0 Å². The molecular formula is C14H28N2O. The largest absolute Gasteiger partial charge is 0.378 e. The highest BCUT2D eigenvalue weighted by atomic mass is 16.5. The molecule has 1 aliphatic carbocycles. The highest BCUT2D eigenvalue weighted by Gasteiger charge is 2.48. The topological polar surface area (TPSA) is 38.5 Å². The van der Waals surface area contributed by atoms with Gasteiger partial charge in [0.25, 0.3) is 0 Å². The zero-order valence-corrected chi connectivity index (χ0v) is 11.7. The maximum Gasteiger partial charge on any atom is 0.0645 e. The van der Waals surface area contributed by atoms with Gasteiger partial charge < -0.3 is 10.5 Å². The molecule has 1 heterocycles. The standard InChI is InChI=1S/C14H28N2O/c1-4-12-5-6-14(9-12,10-15)16-7-8-17-11-13(16,2)3/h12H,4-11,15H2,1-3H3. The first-order valence-corrected chi connectivity index (χ1v) is 7.10. The van der Waals surface area contributed by atoms with Gasteiger partial charge in [-0.1, -0.05) is 13.3 Å². The van der Waals surface area contributed by atoms with Crippen molar-refractivity contribution in [3.63, 3.8) is 0 Å². The Balaban J connectivity index is 2.17. The summed E-state index contributed by atoms with van der Waals surface area (Å²) in [6.07, 6.45) is 5.20. The average Bonchev–Trinajstić information content (AvgIpc) is 2.73. The predicted molar refractivity (Wildman–Crippen MR) is 71.0 cm³/mol. The van der Waals surface area contributed by atoms with Gasteiger partial charge in [-0.05, 0) is 39.0 Å². The van der Waals surface area contributed by atoms with Crippen LogP contribution in [0, 0.1) is 5.92 Å². The van der Waals surface area contributed by atoms with Crippen LogP contribution in [0.1, 0.15) is 46.5 Å². The predicted octanol–water partition coefficient (Wildman–Crippen LogP) is 2.00. The van der Waals surface area contributed by atoms with Crippen LogP contribution in [0.5, 0.6) is 0 Å². The molecule has 2 N–H and O–H groups in total. The van der Waals surface area contributed by atoms with E-state index in [1.165, 1.54) is 25.7 Å². The molecule has 0 spiro atoms. The fourth-order valence-corrected chi connectivity index (χ4v) is 3.84. The number of rotatable bonds is 3. The smallest absolute Gasteiger partial charge is 0.0645 e. The third-order valence-electron chi connectivity index (χ3n) is 4.86. The first-order chi connectivity index (χ1) is 8.04. The van der Waals surface area contributed by atoms with Gasteiger partial charge in [0.15, 0.2) is 0 Å². The molecule has 0 aromatic carbocycles. The molecule has 0 aromatic heterocycles. The van der Waals surface area contributed by atoms with Crippen LogP contribution in [0.2, 0.25) is 0 Å². The minimum absolute atomic E-state index is 0.139. The molecular weight excluding hydrogens is 212 g/mol. The minimum atomic E-state index is 0.139. The van der Waals surface area contributed by atoms with Crippen LogP contribution in [0.4, 0.5) is 0 Å². The zero-order chi connectivity index (χ0) is 12.5. The van der Waals surface area contributed by atoms with Crippen LogP contribution in [0.15, 0.2) is 0 Å². The van der Waals surface area contributed by atoms with Crippen LogP contribution in [0.25, 0.3) is 0 Å². The molecule has 3 nitrogen and oxygen atoms in total. The Morgan fingerprint density at radius 2 is 2.18 bits per heavy atom. The third kappa shape index (κ3) is 2.38. The maximum atomic E-state index is 6.16. The Kier molecular flexibility index (Phi) is 3.81. The fraction of sp³-hybridized carbons (Fsp3) is 1.00. The number of ether oxygens (including phenoxy) is 1. The summed E-state index contributed by atoms with van der Waals surface area (Å²) < 4.78 is 5.63. The lowest BCUT2D eigenvalue weighted by Gasteiger charge is -2.52. The summed E-state index contributed by atoms with van der Waals surface area (Å²) in [6, 6.07) is 0. The second-order valence-corrected chi connectivity index (χ2v) is 6.46. The van der Waals surface area contributed by atoms with Crippen molar-refractivity contribution in [1.82, 2.24) is 4.90 Å². The van der Waals surface area contributed by atoms with Gasteiger partial charge in [0.05, 0.1) is 13.2 Å². The molecule has 3 heteroatoms. The Labute approximate surface area is 106 Å². The Morgan fingerprint density at radius 1 is 1.41 bits per heavy atom. The van der Waals surface area contributed by atoms with E-state index >= 15 is 0 Å². The van der Waals surface area contributed by atoms with Crippen molar-refractivity contribution in [2.75, 3.05) is 26.3 Å². The van der Waals surface area contributed by atoms with Gasteiger partial charge >= 0.3 is 0 Å². The summed E-state index contributed by atoms with van der Waals surface area (Å²) in [7, 11) is 0. The van der Waals surface area contributed by atoms with E-state index in [4.69, 9.17) is 10.5 Å². The lowest BCUT2D eigenvalue weighted by Crippen LogP contribution is -2.65. The minimum Gasteiger partial charge on any atom is -0.378 e.